The van der Waals surface area contributed by atoms with Crippen LogP contribution in [0.4, 0.5) is 5.69 Å². The lowest BCUT2D eigenvalue weighted by Gasteiger charge is -2.00. The van der Waals surface area contributed by atoms with Gasteiger partial charge < -0.3 is 15.5 Å². The zero-order chi connectivity index (χ0) is 11.3. The minimum Gasteiger partial charge on any atom is -0.504 e. The van der Waals surface area contributed by atoms with Crippen molar-refractivity contribution in [3.63, 3.8) is 0 Å². The zero-order valence-electron chi connectivity index (χ0n) is 7.68. The number of aliphatic hydroxyl groups is 1. The van der Waals surface area contributed by atoms with Crippen molar-refractivity contribution in [2.75, 3.05) is 5.32 Å². The van der Waals surface area contributed by atoms with Crippen LogP contribution in [0, 0.1) is 0 Å². The first-order valence-corrected chi connectivity index (χ1v) is 4.07. The van der Waals surface area contributed by atoms with E-state index in [9.17, 15) is 9.59 Å². The van der Waals surface area contributed by atoms with Gasteiger partial charge in [0.25, 0.3) is 0 Å². The first kappa shape index (κ1) is 10.8. The molecule has 0 saturated carbocycles. The molecule has 1 aromatic carbocycles. The summed E-state index contributed by atoms with van der Waals surface area (Å²) in [7, 11) is 0. The van der Waals surface area contributed by atoms with Crippen molar-refractivity contribution in [1.82, 2.24) is 0 Å². The van der Waals surface area contributed by atoms with Gasteiger partial charge in [-0.05, 0) is 24.3 Å². The van der Waals surface area contributed by atoms with Crippen LogP contribution in [-0.2, 0) is 4.79 Å². The molecule has 0 atom stereocenters. The van der Waals surface area contributed by atoms with Gasteiger partial charge in [-0.2, -0.15) is 0 Å². The van der Waals surface area contributed by atoms with Crippen molar-refractivity contribution in [2.45, 2.75) is 0 Å². The lowest BCUT2D eigenvalue weighted by molar-refractivity contribution is -0.106. The van der Waals surface area contributed by atoms with Gasteiger partial charge in [0, 0.05) is 11.9 Å². The standard InChI is InChI=1S/C10H9NO4/c12-6-9(13)5-11-8-3-1-7(2-4-8)10(14)15/h1-6,11,13H,(H,14,15). The fraction of sp³-hybridized carbons (Fsp3) is 0. The van der Waals surface area contributed by atoms with Gasteiger partial charge in [0.2, 0.25) is 0 Å². The van der Waals surface area contributed by atoms with E-state index in [1.807, 2.05) is 0 Å². The lowest BCUT2D eigenvalue weighted by atomic mass is 10.2. The molecule has 0 aliphatic carbocycles. The van der Waals surface area contributed by atoms with Crippen LogP contribution in [0.15, 0.2) is 36.2 Å². The maximum Gasteiger partial charge on any atom is 0.335 e. The van der Waals surface area contributed by atoms with Gasteiger partial charge in [0.1, 0.15) is 0 Å². The average Bonchev–Trinajstić information content (AvgIpc) is 2.26. The molecule has 0 aromatic heterocycles. The molecule has 0 amide bonds. The number of carboxylic acid groups (broad SMARTS) is 1. The molecule has 0 fully saturated rings. The summed E-state index contributed by atoms with van der Waals surface area (Å²) < 4.78 is 0. The number of aromatic carboxylic acids is 1. The third-order valence-corrected chi connectivity index (χ3v) is 1.64. The summed E-state index contributed by atoms with van der Waals surface area (Å²) in [6.45, 7) is 0. The smallest absolute Gasteiger partial charge is 0.335 e. The summed E-state index contributed by atoms with van der Waals surface area (Å²) in [4.78, 5) is 20.5. The van der Waals surface area contributed by atoms with Crippen LogP contribution in [0.2, 0.25) is 0 Å². The Morgan fingerprint density at radius 2 is 1.80 bits per heavy atom. The van der Waals surface area contributed by atoms with E-state index in [0.717, 1.165) is 6.20 Å². The van der Waals surface area contributed by atoms with Crippen molar-refractivity contribution < 1.29 is 19.8 Å². The van der Waals surface area contributed by atoms with Crippen LogP contribution >= 0.6 is 0 Å². The molecular formula is C10H9NO4. The molecule has 0 saturated heterocycles. The Morgan fingerprint density at radius 1 is 1.20 bits per heavy atom. The molecule has 5 nitrogen and oxygen atoms in total. The van der Waals surface area contributed by atoms with Gasteiger partial charge in [-0.1, -0.05) is 0 Å². The van der Waals surface area contributed by atoms with Gasteiger partial charge in [-0.15, -0.1) is 0 Å². The molecule has 1 aromatic rings. The zero-order valence-corrected chi connectivity index (χ0v) is 7.68. The average molecular weight is 207 g/mol. The Balaban J connectivity index is 2.73. The van der Waals surface area contributed by atoms with Crippen LogP contribution < -0.4 is 5.32 Å². The second-order valence-electron chi connectivity index (χ2n) is 2.71. The molecular weight excluding hydrogens is 198 g/mol. The Labute approximate surface area is 85.7 Å². The van der Waals surface area contributed by atoms with Crippen molar-refractivity contribution in [2.24, 2.45) is 0 Å². The number of allylic oxidation sites excluding steroid dienone is 1. The summed E-state index contributed by atoms with van der Waals surface area (Å²) in [5.74, 6) is -1.44. The molecule has 5 heteroatoms. The Morgan fingerprint density at radius 3 is 2.27 bits per heavy atom. The van der Waals surface area contributed by atoms with Gasteiger partial charge in [-0.25, -0.2) is 4.79 Å². The topological polar surface area (TPSA) is 86.6 Å². The van der Waals surface area contributed by atoms with E-state index in [0.29, 0.717) is 12.0 Å². The van der Waals surface area contributed by atoms with Crippen molar-refractivity contribution in [3.05, 3.63) is 41.8 Å². The number of anilines is 1. The minimum absolute atomic E-state index is 0.170. The molecule has 0 bridgehead atoms. The number of hydrogen-bond donors (Lipinski definition) is 3. The largest absolute Gasteiger partial charge is 0.504 e. The number of carbonyl (C=O) groups excluding carboxylic acids is 1. The molecule has 78 valence electrons. The maximum absolute atomic E-state index is 10.5. The third kappa shape index (κ3) is 3.15. The molecule has 0 aliphatic heterocycles. The van der Waals surface area contributed by atoms with Gasteiger partial charge in [0.05, 0.1) is 5.56 Å². The maximum atomic E-state index is 10.5. The Bertz CT molecular complexity index is 394. The van der Waals surface area contributed by atoms with Gasteiger partial charge in [-0.3, -0.25) is 4.79 Å². The number of aliphatic hydroxyl groups excluding tert-OH is 1. The molecule has 0 aliphatic rings. The fourth-order valence-corrected chi connectivity index (χ4v) is 0.900. The van der Waals surface area contributed by atoms with Crippen molar-refractivity contribution in [3.8, 4) is 0 Å². The predicted octanol–water partition coefficient (Wildman–Crippen LogP) is 1.40. The number of carboxylic acids is 1. The molecule has 15 heavy (non-hydrogen) atoms. The summed E-state index contributed by atoms with van der Waals surface area (Å²) in [6, 6.07) is 5.88. The van der Waals surface area contributed by atoms with E-state index in [-0.39, 0.29) is 5.56 Å². The van der Waals surface area contributed by atoms with E-state index in [1.54, 1.807) is 0 Å². The highest BCUT2D eigenvalue weighted by Gasteiger charge is 2.00. The first-order chi connectivity index (χ1) is 7.13. The van der Waals surface area contributed by atoms with Crippen LogP contribution in [0.1, 0.15) is 10.4 Å². The van der Waals surface area contributed by atoms with Crippen molar-refractivity contribution in [1.29, 1.82) is 0 Å². The number of benzene rings is 1. The highest BCUT2D eigenvalue weighted by Crippen LogP contribution is 2.09. The Kier molecular flexibility index (Phi) is 3.45. The van der Waals surface area contributed by atoms with E-state index in [4.69, 9.17) is 10.2 Å². The molecule has 0 unspecified atom stereocenters. The highest BCUT2D eigenvalue weighted by atomic mass is 16.4. The summed E-state index contributed by atoms with van der Waals surface area (Å²) in [5, 5.41) is 20.0. The van der Waals surface area contributed by atoms with Crippen LogP contribution in [0.3, 0.4) is 0 Å². The minimum atomic E-state index is -1.01. The van der Waals surface area contributed by atoms with Crippen LogP contribution in [-0.4, -0.2) is 22.5 Å². The Hall–Kier alpha value is -2.30. The molecule has 0 heterocycles. The fourth-order valence-electron chi connectivity index (χ4n) is 0.900. The summed E-state index contributed by atoms with van der Waals surface area (Å²) in [5.41, 5.74) is 0.748. The van der Waals surface area contributed by atoms with E-state index >= 15 is 0 Å². The third-order valence-electron chi connectivity index (χ3n) is 1.64. The quantitative estimate of drug-likeness (QED) is 0.394. The molecule has 1 rings (SSSR count). The van der Waals surface area contributed by atoms with E-state index < -0.39 is 11.7 Å². The van der Waals surface area contributed by atoms with E-state index in [1.165, 1.54) is 24.3 Å². The number of rotatable bonds is 4. The van der Waals surface area contributed by atoms with Crippen LogP contribution in [0.25, 0.3) is 0 Å². The molecule has 0 radical (unpaired) electrons. The summed E-state index contributed by atoms with van der Waals surface area (Å²) >= 11 is 0. The first-order valence-electron chi connectivity index (χ1n) is 4.07. The number of aldehydes is 1. The highest BCUT2D eigenvalue weighted by molar-refractivity contribution is 5.88. The summed E-state index contributed by atoms with van der Waals surface area (Å²) in [6.07, 6.45) is 1.40. The van der Waals surface area contributed by atoms with Gasteiger partial charge >= 0.3 is 5.97 Å². The number of hydrogen-bond acceptors (Lipinski definition) is 4. The number of carbonyl (C=O) groups is 2. The van der Waals surface area contributed by atoms with E-state index in [2.05, 4.69) is 5.32 Å². The van der Waals surface area contributed by atoms with Gasteiger partial charge in [0.15, 0.2) is 12.0 Å². The second kappa shape index (κ2) is 4.80. The molecule has 0 spiro atoms. The second-order valence-corrected chi connectivity index (χ2v) is 2.71. The van der Waals surface area contributed by atoms with Crippen LogP contribution in [0.5, 0.6) is 0 Å². The predicted molar refractivity (Wildman–Crippen MR) is 53.8 cm³/mol. The SMILES string of the molecule is O=CC(O)=CNc1ccc(C(=O)O)cc1. The lowest BCUT2D eigenvalue weighted by Crippen LogP contribution is -1.97. The normalized spacial score (nSPS) is 10.8. The molecule has 3 N–H and O–H groups in total. The number of nitrogens with one attached hydrogen (secondary N) is 1. The van der Waals surface area contributed by atoms with Crippen molar-refractivity contribution >= 4 is 17.9 Å². The monoisotopic (exact) mass is 207 g/mol.